The van der Waals surface area contributed by atoms with Gasteiger partial charge >= 0.3 is 6.09 Å². The molecule has 0 spiro atoms. The molecule has 170 valence electrons. The molecular weight excluding hydrogens is 410 g/mol. The van der Waals surface area contributed by atoms with E-state index in [0.29, 0.717) is 5.69 Å². The Labute approximate surface area is 171 Å². The van der Waals surface area contributed by atoms with Crippen LogP contribution in [0.2, 0.25) is 0 Å². The highest BCUT2D eigenvalue weighted by Gasteiger charge is 2.47. The molecule has 1 amide bonds. The van der Waals surface area contributed by atoms with Gasteiger partial charge in [-0.05, 0) is 27.2 Å². The molecule has 1 atom stereocenters. The average molecular weight is 437 g/mol. The van der Waals surface area contributed by atoms with Crippen molar-refractivity contribution in [2.45, 2.75) is 76.7 Å². The van der Waals surface area contributed by atoms with Crippen molar-refractivity contribution in [1.29, 1.82) is 0 Å². The molecule has 0 fully saturated rings. The fourth-order valence-electron chi connectivity index (χ4n) is 3.75. The van der Waals surface area contributed by atoms with Crippen LogP contribution in [0.15, 0.2) is 0 Å². The molecule has 0 aromatic carbocycles. The third-order valence-corrected chi connectivity index (χ3v) is 5.06. The van der Waals surface area contributed by atoms with Gasteiger partial charge in [0.2, 0.25) is 0 Å². The smallest absolute Gasteiger partial charge is 0.410 e. The topological polar surface area (TPSA) is 76.8 Å². The number of alkyl halides is 4. The van der Waals surface area contributed by atoms with Gasteiger partial charge in [-0.1, -0.05) is 0 Å². The molecule has 0 radical (unpaired) electrons. The van der Waals surface area contributed by atoms with Crippen molar-refractivity contribution in [1.82, 2.24) is 14.7 Å². The lowest BCUT2D eigenvalue weighted by Crippen LogP contribution is -2.40. The summed E-state index contributed by atoms with van der Waals surface area (Å²) >= 11 is 0. The quantitative estimate of drug-likeness (QED) is 0.733. The molecule has 0 aliphatic carbocycles. The predicted molar refractivity (Wildman–Crippen MR) is 97.5 cm³/mol. The van der Waals surface area contributed by atoms with Crippen LogP contribution >= 0.6 is 0 Å². The Morgan fingerprint density at radius 3 is 2.63 bits per heavy atom. The zero-order valence-electron chi connectivity index (χ0n) is 17.3. The van der Waals surface area contributed by atoms with Crippen LogP contribution < -0.4 is 0 Å². The number of aliphatic hydroxyl groups is 1. The number of carbonyl (C=O) groups excluding carboxylic acids is 1. The van der Waals surface area contributed by atoms with Gasteiger partial charge in [-0.2, -0.15) is 13.9 Å². The minimum absolute atomic E-state index is 0.0739. The molecule has 11 heteroatoms. The summed E-state index contributed by atoms with van der Waals surface area (Å²) in [4.78, 5) is 13.7. The lowest BCUT2D eigenvalue weighted by Gasteiger charge is -2.30. The van der Waals surface area contributed by atoms with E-state index in [-0.39, 0.29) is 43.7 Å². The highest BCUT2D eigenvalue weighted by atomic mass is 19.3. The van der Waals surface area contributed by atoms with Gasteiger partial charge < -0.3 is 19.5 Å². The Kier molecular flexibility index (Phi) is 6.07. The van der Waals surface area contributed by atoms with E-state index in [1.165, 1.54) is 4.90 Å². The molecule has 30 heavy (non-hydrogen) atoms. The maximum absolute atomic E-state index is 15.0. The normalized spacial score (nSPS) is 23.7. The molecular formula is C19H27F4N3O4. The largest absolute Gasteiger partial charge is 0.444 e. The van der Waals surface area contributed by atoms with E-state index in [2.05, 4.69) is 5.10 Å². The van der Waals surface area contributed by atoms with Gasteiger partial charge in [0.1, 0.15) is 23.5 Å². The van der Waals surface area contributed by atoms with Gasteiger partial charge in [0, 0.05) is 24.9 Å². The minimum atomic E-state index is -3.30. The maximum Gasteiger partial charge on any atom is 0.410 e. The molecule has 0 saturated heterocycles. The minimum Gasteiger partial charge on any atom is -0.444 e. The zero-order valence-corrected chi connectivity index (χ0v) is 17.3. The monoisotopic (exact) mass is 437 g/mol. The average Bonchev–Trinajstić information content (AvgIpc) is 2.91. The van der Waals surface area contributed by atoms with Crippen LogP contribution in [-0.4, -0.2) is 63.3 Å². The van der Waals surface area contributed by atoms with Crippen molar-refractivity contribution in [3.05, 3.63) is 17.0 Å². The van der Waals surface area contributed by atoms with Crippen molar-refractivity contribution >= 4 is 6.09 Å². The number of carbonyl (C=O) groups is 1. The first-order valence-electron chi connectivity index (χ1n) is 9.83. The third-order valence-electron chi connectivity index (χ3n) is 5.06. The highest BCUT2D eigenvalue weighted by molar-refractivity contribution is 5.68. The SMILES string of the molecule is CC(C)(C)OC(=O)N1CCc2nn3c(c2C1)C(F)(F)CCC(O)(COCC(F)F)C3. The van der Waals surface area contributed by atoms with E-state index in [1.807, 2.05) is 0 Å². The molecule has 0 saturated carbocycles. The summed E-state index contributed by atoms with van der Waals surface area (Å²) in [6.45, 7) is 3.67. The lowest BCUT2D eigenvalue weighted by atomic mass is 9.95. The first-order valence-corrected chi connectivity index (χ1v) is 9.83. The van der Waals surface area contributed by atoms with E-state index < -0.39 is 49.3 Å². The predicted octanol–water partition coefficient (Wildman–Crippen LogP) is 3.07. The number of halogens is 4. The van der Waals surface area contributed by atoms with Crippen LogP contribution in [0.4, 0.5) is 22.4 Å². The van der Waals surface area contributed by atoms with Crippen LogP contribution in [0, 0.1) is 0 Å². The van der Waals surface area contributed by atoms with E-state index in [4.69, 9.17) is 9.47 Å². The van der Waals surface area contributed by atoms with Crippen molar-refractivity contribution in [2.24, 2.45) is 0 Å². The van der Waals surface area contributed by atoms with Crippen LogP contribution in [-0.2, 0) is 34.9 Å². The number of ether oxygens (including phenoxy) is 2. The number of nitrogens with zero attached hydrogens (tertiary/aromatic N) is 3. The van der Waals surface area contributed by atoms with Gasteiger partial charge in [-0.25, -0.2) is 13.6 Å². The fourth-order valence-corrected chi connectivity index (χ4v) is 3.75. The van der Waals surface area contributed by atoms with E-state index in [9.17, 15) is 18.7 Å². The number of hydrogen-bond acceptors (Lipinski definition) is 5. The Bertz CT molecular complexity index is 793. The molecule has 1 aromatic heterocycles. The summed E-state index contributed by atoms with van der Waals surface area (Å²) < 4.78 is 65.9. The zero-order chi connectivity index (χ0) is 22.3. The molecule has 0 bridgehead atoms. The van der Waals surface area contributed by atoms with Crippen LogP contribution in [0.1, 0.15) is 50.6 Å². The summed E-state index contributed by atoms with van der Waals surface area (Å²) in [5.74, 6) is -3.30. The number of amides is 1. The highest BCUT2D eigenvalue weighted by Crippen LogP contribution is 2.42. The Balaban J connectivity index is 1.84. The number of hydrogen-bond donors (Lipinski definition) is 1. The number of fused-ring (bicyclic) bond motifs is 3. The van der Waals surface area contributed by atoms with Gasteiger partial charge in [-0.3, -0.25) is 4.68 Å². The Morgan fingerprint density at radius 2 is 2.00 bits per heavy atom. The fraction of sp³-hybridized carbons (Fsp3) is 0.789. The molecule has 3 heterocycles. The van der Waals surface area contributed by atoms with E-state index in [0.717, 1.165) is 4.68 Å². The van der Waals surface area contributed by atoms with Crippen molar-refractivity contribution in [3.8, 4) is 0 Å². The van der Waals surface area contributed by atoms with Crippen LogP contribution in [0.25, 0.3) is 0 Å². The van der Waals surface area contributed by atoms with E-state index in [1.54, 1.807) is 20.8 Å². The van der Waals surface area contributed by atoms with Crippen LogP contribution in [0.3, 0.4) is 0 Å². The second-order valence-corrected chi connectivity index (χ2v) is 8.92. The lowest BCUT2D eigenvalue weighted by molar-refractivity contribution is -0.0926. The standard InChI is InChI=1S/C19H27F4N3O4/c1-17(2,3)30-16(27)25-7-4-13-12(8-25)15-19(22,23)6-5-18(28,10-26(15)24-13)11-29-9-14(20)21/h14,28H,4-11H2,1-3H3. The van der Waals surface area contributed by atoms with Crippen molar-refractivity contribution in [2.75, 3.05) is 19.8 Å². The van der Waals surface area contributed by atoms with Gasteiger partial charge in [0.15, 0.2) is 0 Å². The van der Waals surface area contributed by atoms with Crippen LogP contribution in [0.5, 0.6) is 0 Å². The van der Waals surface area contributed by atoms with Crippen molar-refractivity contribution in [3.63, 3.8) is 0 Å². The van der Waals surface area contributed by atoms with Gasteiger partial charge in [0.05, 0.1) is 25.4 Å². The summed E-state index contributed by atoms with van der Waals surface area (Å²) in [5.41, 5.74) is -2.14. The molecule has 2 aliphatic rings. The van der Waals surface area contributed by atoms with Gasteiger partial charge in [0.25, 0.3) is 12.3 Å². The number of aromatic nitrogens is 2. The molecule has 1 unspecified atom stereocenters. The summed E-state index contributed by atoms with van der Waals surface area (Å²) in [7, 11) is 0. The Hall–Kier alpha value is -1.88. The first kappa shape index (κ1) is 22.8. The summed E-state index contributed by atoms with van der Waals surface area (Å²) in [6, 6.07) is 0. The second-order valence-electron chi connectivity index (χ2n) is 8.92. The molecule has 3 rings (SSSR count). The van der Waals surface area contributed by atoms with E-state index >= 15 is 8.78 Å². The number of rotatable bonds is 4. The molecule has 7 nitrogen and oxygen atoms in total. The Morgan fingerprint density at radius 1 is 1.30 bits per heavy atom. The van der Waals surface area contributed by atoms with Gasteiger partial charge in [-0.15, -0.1) is 0 Å². The summed E-state index contributed by atoms with van der Waals surface area (Å²) in [6.07, 6.45) is -4.07. The van der Waals surface area contributed by atoms with Crippen molar-refractivity contribution < 1.29 is 36.9 Å². The first-order chi connectivity index (χ1) is 13.8. The molecule has 1 aromatic rings. The molecule has 2 aliphatic heterocycles. The maximum atomic E-state index is 15.0. The third kappa shape index (κ3) is 5.05. The second kappa shape index (κ2) is 7.99. The summed E-state index contributed by atoms with van der Waals surface area (Å²) in [5, 5.41) is 15.0. The molecule has 1 N–H and O–H groups in total.